The third-order valence-electron chi connectivity index (χ3n) is 5.55. The van der Waals surface area contributed by atoms with Gasteiger partial charge in [0, 0.05) is 35.9 Å². The third kappa shape index (κ3) is 4.22. The van der Waals surface area contributed by atoms with Gasteiger partial charge in [-0.05, 0) is 65.2 Å². The first-order valence-corrected chi connectivity index (χ1v) is 11.6. The van der Waals surface area contributed by atoms with Crippen LogP contribution in [0.5, 0.6) is 11.5 Å². The number of ether oxygens (including phenoxy) is 2. The lowest BCUT2D eigenvalue weighted by Crippen LogP contribution is -2.28. The normalized spacial score (nSPS) is 12.4. The molecule has 1 N–H and O–H groups in total. The van der Waals surface area contributed by atoms with Gasteiger partial charge in [-0.15, -0.1) is 11.8 Å². The Hall–Kier alpha value is -3.29. The first kappa shape index (κ1) is 20.6. The molecule has 4 aromatic rings. The van der Waals surface area contributed by atoms with E-state index in [1.165, 1.54) is 0 Å². The molecule has 0 fully saturated rings. The highest BCUT2D eigenvalue weighted by atomic mass is 32.2. The molecule has 2 aromatic heterocycles. The summed E-state index contributed by atoms with van der Waals surface area (Å²) in [5, 5.41) is 4.46. The van der Waals surface area contributed by atoms with Gasteiger partial charge < -0.3 is 19.4 Å². The molecule has 0 amide bonds. The van der Waals surface area contributed by atoms with Crippen LogP contribution in [0.1, 0.15) is 16.7 Å². The van der Waals surface area contributed by atoms with Crippen LogP contribution < -0.4 is 20.3 Å². The average Bonchev–Trinajstić information content (AvgIpc) is 3.30. The zero-order valence-corrected chi connectivity index (χ0v) is 18.5. The summed E-state index contributed by atoms with van der Waals surface area (Å²) in [5.41, 5.74) is 3.83. The molecule has 7 heteroatoms. The molecule has 1 aliphatic heterocycles. The fourth-order valence-corrected chi connectivity index (χ4v) is 4.32. The van der Waals surface area contributed by atoms with Gasteiger partial charge in [0.25, 0.3) is 5.56 Å². The van der Waals surface area contributed by atoms with Crippen LogP contribution in [-0.4, -0.2) is 22.6 Å². The van der Waals surface area contributed by atoms with Gasteiger partial charge >= 0.3 is 0 Å². The van der Waals surface area contributed by atoms with Crippen LogP contribution >= 0.6 is 11.8 Å². The van der Waals surface area contributed by atoms with E-state index in [1.807, 2.05) is 47.2 Å². The molecule has 0 saturated heterocycles. The Morgan fingerprint density at radius 3 is 2.66 bits per heavy atom. The Morgan fingerprint density at radius 1 is 0.969 bits per heavy atom. The van der Waals surface area contributed by atoms with Gasteiger partial charge in [-0.1, -0.05) is 12.1 Å². The van der Waals surface area contributed by atoms with Crippen molar-refractivity contribution in [3.63, 3.8) is 0 Å². The number of nitrogens with one attached hydrogen (secondary N) is 1. The maximum atomic E-state index is 13.4. The monoisotopic (exact) mass is 445 g/mol. The van der Waals surface area contributed by atoms with Crippen molar-refractivity contribution in [3.8, 4) is 11.5 Å². The number of benzene rings is 2. The minimum atomic E-state index is 0.0192. The first-order chi connectivity index (χ1) is 15.7. The van der Waals surface area contributed by atoms with E-state index in [1.54, 1.807) is 24.2 Å². The minimum absolute atomic E-state index is 0.0192. The molecule has 0 atom stereocenters. The maximum Gasteiger partial charge on any atom is 0.255 e. The fraction of sp³-hybridized carbons (Fsp3) is 0.200. The summed E-state index contributed by atoms with van der Waals surface area (Å²) >= 11 is 1.67. The summed E-state index contributed by atoms with van der Waals surface area (Å²) in [6.07, 6.45) is 5.56. The molecule has 0 saturated carbocycles. The van der Waals surface area contributed by atoms with Crippen molar-refractivity contribution in [3.05, 3.63) is 94.0 Å². The smallest absolute Gasteiger partial charge is 0.255 e. The van der Waals surface area contributed by atoms with Crippen LogP contribution in [0, 0.1) is 0 Å². The van der Waals surface area contributed by atoms with Crippen LogP contribution in [-0.2, 0) is 19.6 Å². The Labute approximate surface area is 190 Å². The van der Waals surface area contributed by atoms with Gasteiger partial charge in [-0.3, -0.25) is 9.78 Å². The number of rotatable bonds is 7. The lowest BCUT2D eigenvalue weighted by Gasteiger charge is -2.15. The number of nitrogens with zero attached hydrogens (tertiary/aromatic N) is 2. The van der Waals surface area contributed by atoms with E-state index in [4.69, 9.17) is 9.47 Å². The molecule has 0 unspecified atom stereocenters. The lowest BCUT2D eigenvalue weighted by molar-refractivity contribution is 0.174. The third-order valence-corrected chi connectivity index (χ3v) is 6.27. The van der Waals surface area contributed by atoms with Crippen molar-refractivity contribution in [1.82, 2.24) is 14.9 Å². The van der Waals surface area contributed by atoms with Crippen molar-refractivity contribution in [2.24, 2.45) is 0 Å². The van der Waals surface area contributed by atoms with E-state index in [0.29, 0.717) is 19.6 Å². The minimum Gasteiger partial charge on any atom is -0.454 e. The second-order valence-corrected chi connectivity index (χ2v) is 8.51. The van der Waals surface area contributed by atoms with Gasteiger partial charge in [0.15, 0.2) is 11.5 Å². The van der Waals surface area contributed by atoms with Crippen molar-refractivity contribution in [2.75, 3.05) is 13.0 Å². The summed E-state index contributed by atoms with van der Waals surface area (Å²) in [6.45, 7) is 1.87. The molecule has 3 heterocycles. The zero-order valence-electron chi connectivity index (χ0n) is 17.7. The average molecular weight is 446 g/mol. The molecule has 5 rings (SSSR count). The fourth-order valence-electron chi connectivity index (χ4n) is 3.89. The summed E-state index contributed by atoms with van der Waals surface area (Å²) in [4.78, 5) is 18.7. The van der Waals surface area contributed by atoms with Crippen LogP contribution in [0.15, 0.2) is 76.7 Å². The molecular weight excluding hydrogens is 422 g/mol. The Bertz CT molecular complexity index is 1320. The zero-order chi connectivity index (χ0) is 21.9. The largest absolute Gasteiger partial charge is 0.454 e. The lowest BCUT2D eigenvalue weighted by atomic mass is 10.1. The molecule has 32 heavy (non-hydrogen) atoms. The summed E-state index contributed by atoms with van der Waals surface area (Å²) < 4.78 is 12.7. The highest BCUT2D eigenvalue weighted by Gasteiger charge is 2.14. The van der Waals surface area contributed by atoms with Crippen LogP contribution in [0.3, 0.4) is 0 Å². The molecule has 0 bridgehead atoms. The van der Waals surface area contributed by atoms with Gasteiger partial charge in [-0.25, -0.2) is 0 Å². The van der Waals surface area contributed by atoms with Crippen LogP contribution in [0.4, 0.5) is 0 Å². The van der Waals surface area contributed by atoms with Gasteiger partial charge in [0.1, 0.15) is 0 Å². The second-order valence-electron chi connectivity index (χ2n) is 7.63. The molecule has 6 nitrogen and oxygen atoms in total. The standard InChI is InChI=1S/C25H23N3O3S/c1-32-21-4-3-19-11-20(14-27-13-18-2-5-23-24(10-18)31-16-30-23)25(29)28(22(19)12-21)15-17-6-8-26-9-7-17/h2-12,27H,13-16H2,1H3. The quantitative estimate of drug-likeness (QED) is 0.431. The van der Waals surface area contributed by atoms with Gasteiger partial charge in [0.2, 0.25) is 6.79 Å². The molecule has 2 aromatic carbocycles. The van der Waals surface area contributed by atoms with E-state index >= 15 is 0 Å². The SMILES string of the molecule is CSc1ccc2cc(CNCc3ccc4c(c3)OCO4)c(=O)n(Cc3ccncc3)c2c1. The first-order valence-electron chi connectivity index (χ1n) is 10.4. The van der Waals surface area contributed by atoms with Crippen molar-refractivity contribution in [1.29, 1.82) is 0 Å². The predicted molar refractivity (Wildman–Crippen MR) is 126 cm³/mol. The Morgan fingerprint density at radius 2 is 1.81 bits per heavy atom. The molecule has 0 radical (unpaired) electrons. The van der Waals surface area contributed by atoms with E-state index in [-0.39, 0.29) is 12.4 Å². The van der Waals surface area contributed by atoms with Crippen molar-refractivity contribution >= 4 is 22.7 Å². The summed E-state index contributed by atoms with van der Waals surface area (Å²) in [6, 6.07) is 18.1. The second kappa shape index (κ2) is 9.06. The van der Waals surface area contributed by atoms with Crippen molar-refractivity contribution in [2.45, 2.75) is 24.5 Å². The highest BCUT2D eigenvalue weighted by molar-refractivity contribution is 7.98. The number of pyridine rings is 2. The van der Waals surface area contributed by atoms with E-state index in [2.05, 4.69) is 28.5 Å². The van der Waals surface area contributed by atoms with Gasteiger partial charge in [0.05, 0.1) is 12.1 Å². The van der Waals surface area contributed by atoms with Crippen molar-refractivity contribution < 1.29 is 9.47 Å². The van der Waals surface area contributed by atoms with Crippen LogP contribution in [0.2, 0.25) is 0 Å². The van der Waals surface area contributed by atoms with Gasteiger partial charge in [-0.2, -0.15) is 0 Å². The summed E-state index contributed by atoms with van der Waals surface area (Å²) in [7, 11) is 0. The predicted octanol–water partition coefficient (Wildman–Crippen LogP) is 4.19. The number of hydrogen-bond donors (Lipinski definition) is 1. The maximum absolute atomic E-state index is 13.4. The van der Waals surface area contributed by atoms with E-state index in [0.717, 1.165) is 44.0 Å². The molecule has 0 spiro atoms. The van der Waals surface area contributed by atoms with Crippen LogP contribution in [0.25, 0.3) is 10.9 Å². The summed E-state index contributed by atoms with van der Waals surface area (Å²) in [5.74, 6) is 1.53. The number of aromatic nitrogens is 2. The molecule has 162 valence electrons. The Kier molecular flexibility index (Phi) is 5.83. The topological polar surface area (TPSA) is 65.4 Å². The Balaban J connectivity index is 1.43. The van der Waals surface area contributed by atoms with E-state index in [9.17, 15) is 4.79 Å². The van der Waals surface area contributed by atoms with E-state index < -0.39 is 0 Å². The molecule has 0 aliphatic carbocycles. The highest BCUT2D eigenvalue weighted by Crippen LogP contribution is 2.32. The number of fused-ring (bicyclic) bond motifs is 2. The number of hydrogen-bond acceptors (Lipinski definition) is 6. The number of thioether (sulfide) groups is 1. The molecule has 1 aliphatic rings. The molecular formula is C25H23N3O3S.